The minimum Gasteiger partial charge on any atom is -0.481 e. The average Bonchev–Trinajstić information content (AvgIpc) is 2.81. The van der Waals surface area contributed by atoms with Gasteiger partial charge in [0.25, 0.3) is 0 Å². The molecule has 5 unspecified atom stereocenters. The van der Waals surface area contributed by atoms with Gasteiger partial charge in [-0.1, -0.05) is 50.6 Å². The molecule has 0 saturated carbocycles. The fourth-order valence-corrected chi connectivity index (χ4v) is 3.17. The zero-order chi connectivity index (χ0) is 27.4. The second kappa shape index (κ2) is 14.4. The second-order valence-electron chi connectivity index (χ2n) is 8.39. The number of carboxylic acids is 2. The largest absolute Gasteiger partial charge is 0.481 e. The summed E-state index contributed by atoms with van der Waals surface area (Å²) in [6.45, 7) is 3.62. The summed E-state index contributed by atoms with van der Waals surface area (Å²) in [7, 11) is 0. The van der Waals surface area contributed by atoms with Crippen LogP contribution in [0, 0.1) is 5.92 Å². The van der Waals surface area contributed by atoms with Gasteiger partial charge in [-0.2, -0.15) is 0 Å². The fraction of sp³-hybridized carbons (Fsp3) is 0.478. The number of hydrogen-bond acceptors (Lipinski definition) is 7. The van der Waals surface area contributed by atoms with Crippen molar-refractivity contribution in [3.05, 3.63) is 35.9 Å². The lowest BCUT2D eigenvalue weighted by Crippen LogP contribution is -2.58. The van der Waals surface area contributed by atoms with Crippen LogP contribution in [-0.2, 0) is 35.2 Å². The minimum atomic E-state index is -1.73. The molecule has 0 fully saturated rings. The van der Waals surface area contributed by atoms with Crippen molar-refractivity contribution >= 4 is 35.6 Å². The van der Waals surface area contributed by atoms with Crippen LogP contribution >= 0.6 is 0 Å². The number of carboxylic acid groups (broad SMARTS) is 2. The molecule has 0 aliphatic carbocycles. The zero-order valence-electron chi connectivity index (χ0n) is 20.1. The summed E-state index contributed by atoms with van der Waals surface area (Å²) in [5, 5.41) is 25.2. The van der Waals surface area contributed by atoms with E-state index in [-0.39, 0.29) is 12.3 Å². The number of amides is 4. The lowest BCUT2D eigenvalue weighted by atomic mass is 9.98. The summed E-state index contributed by atoms with van der Waals surface area (Å²) < 4.78 is 0. The molecule has 0 aromatic heterocycles. The van der Waals surface area contributed by atoms with E-state index in [1.165, 1.54) is 0 Å². The summed E-state index contributed by atoms with van der Waals surface area (Å²) in [4.78, 5) is 72.2. The van der Waals surface area contributed by atoms with Gasteiger partial charge in [-0.05, 0) is 11.5 Å². The molecular weight excluding hydrogens is 474 g/mol. The van der Waals surface area contributed by atoms with Gasteiger partial charge in [-0.3, -0.25) is 24.0 Å². The number of benzene rings is 1. The maximum Gasteiger partial charge on any atom is 0.326 e. The van der Waals surface area contributed by atoms with Crippen molar-refractivity contribution in [1.82, 2.24) is 16.0 Å². The Bertz CT molecular complexity index is 955. The monoisotopic (exact) mass is 507 g/mol. The highest BCUT2D eigenvalue weighted by Crippen LogP contribution is 2.09. The van der Waals surface area contributed by atoms with Gasteiger partial charge in [0.2, 0.25) is 23.6 Å². The third-order valence-electron chi connectivity index (χ3n) is 5.51. The van der Waals surface area contributed by atoms with Gasteiger partial charge >= 0.3 is 11.9 Å². The number of primary amides is 1. The van der Waals surface area contributed by atoms with Crippen LogP contribution in [-0.4, -0.2) is 69.9 Å². The van der Waals surface area contributed by atoms with Gasteiger partial charge in [0.1, 0.15) is 18.1 Å². The molecule has 0 bridgehead atoms. The topological polar surface area (TPSA) is 231 Å². The molecular formula is C23H33N5O8. The molecule has 13 nitrogen and oxygen atoms in total. The van der Waals surface area contributed by atoms with Crippen LogP contribution in [0.3, 0.4) is 0 Å². The van der Waals surface area contributed by atoms with E-state index in [2.05, 4.69) is 10.6 Å². The van der Waals surface area contributed by atoms with E-state index in [4.69, 9.17) is 11.5 Å². The summed E-state index contributed by atoms with van der Waals surface area (Å²) in [5.41, 5.74) is 11.6. The second-order valence-corrected chi connectivity index (χ2v) is 8.39. The van der Waals surface area contributed by atoms with Gasteiger partial charge in [0.15, 0.2) is 0 Å². The molecule has 0 heterocycles. The summed E-state index contributed by atoms with van der Waals surface area (Å²) in [5.74, 6) is -6.87. The number of carbonyl (C=O) groups excluding carboxylic acids is 4. The Balaban J connectivity index is 3.14. The van der Waals surface area contributed by atoms with Crippen molar-refractivity contribution in [1.29, 1.82) is 0 Å². The predicted molar refractivity (Wildman–Crippen MR) is 127 cm³/mol. The molecule has 5 atom stereocenters. The normalized spacial score (nSPS) is 14.9. The van der Waals surface area contributed by atoms with E-state index in [0.717, 1.165) is 0 Å². The van der Waals surface area contributed by atoms with Crippen molar-refractivity contribution in [3.8, 4) is 0 Å². The molecule has 9 N–H and O–H groups in total. The Hall–Kier alpha value is -4.00. The molecule has 4 amide bonds. The van der Waals surface area contributed by atoms with Crippen LogP contribution in [0.2, 0.25) is 0 Å². The van der Waals surface area contributed by atoms with Crippen LogP contribution in [0.1, 0.15) is 38.7 Å². The maximum absolute atomic E-state index is 13.1. The van der Waals surface area contributed by atoms with Crippen molar-refractivity contribution in [2.24, 2.45) is 17.4 Å². The Morgan fingerprint density at radius 1 is 0.833 bits per heavy atom. The molecule has 0 aliphatic heterocycles. The first-order chi connectivity index (χ1) is 16.8. The first-order valence-corrected chi connectivity index (χ1v) is 11.3. The van der Waals surface area contributed by atoms with E-state index < -0.39 is 72.6 Å². The highest BCUT2D eigenvalue weighted by atomic mass is 16.4. The van der Waals surface area contributed by atoms with E-state index in [9.17, 15) is 39.0 Å². The number of nitrogens with two attached hydrogens (primary N) is 2. The van der Waals surface area contributed by atoms with Crippen LogP contribution in [0.15, 0.2) is 30.3 Å². The van der Waals surface area contributed by atoms with E-state index >= 15 is 0 Å². The van der Waals surface area contributed by atoms with Crippen LogP contribution < -0.4 is 27.4 Å². The molecule has 1 aromatic carbocycles. The first kappa shape index (κ1) is 30.0. The molecule has 36 heavy (non-hydrogen) atoms. The van der Waals surface area contributed by atoms with Crippen LogP contribution in [0.25, 0.3) is 0 Å². The summed E-state index contributed by atoms with van der Waals surface area (Å²) in [6.07, 6.45) is -1.01. The maximum atomic E-state index is 13.1. The summed E-state index contributed by atoms with van der Waals surface area (Å²) >= 11 is 0. The van der Waals surface area contributed by atoms with Gasteiger partial charge in [0, 0.05) is 6.42 Å². The van der Waals surface area contributed by atoms with Crippen molar-refractivity contribution in [2.45, 2.75) is 63.7 Å². The smallest absolute Gasteiger partial charge is 0.326 e. The average molecular weight is 508 g/mol. The van der Waals surface area contributed by atoms with E-state index in [1.807, 2.05) is 12.2 Å². The van der Waals surface area contributed by atoms with Gasteiger partial charge < -0.3 is 37.6 Å². The van der Waals surface area contributed by atoms with Crippen molar-refractivity contribution in [2.75, 3.05) is 0 Å². The number of aliphatic carboxylic acids is 2. The molecule has 0 spiro atoms. The number of hydrogen-bond donors (Lipinski definition) is 7. The molecule has 0 radical (unpaired) electrons. The van der Waals surface area contributed by atoms with Crippen LogP contribution in [0.4, 0.5) is 0 Å². The number of nitrogens with one attached hydrogen (secondary N) is 3. The third kappa shape index (κ3) is 10.1. The lowest BCUT2D eigenvalue weighted by molar-refractivity contribution is -0.144. The predicted octanol–water partition coefficient (Wildman–Crippen LogP) is -1.51. The third-order valence-corrected chi connectivity index (χ3v) is 5.51. The molecule has 198 valence electrons. The standard InChI is InChI=1S/C23H33N5O8/c1-3-12(2)19(25)22(34)27-14(9-13-7-5-4-6-8-13)20(32)26-15(11-18(30)31)21(33)28-16(23(35)36)10-17(24)29/h4-8,12,14-16,19H,3,9-11,25H2,1-2H3,(H2,24,29)(H,26,32)(H,27,34)(H,28,33)(H,30,31)(H,35,36). The van der Waals surface area contributed by atoms with Crippen molar-refractivity contribution in [3.63, 3.8) is 0 Å². The SMILES string of the molecule is CCC(C)C(N)C(=O)NC(Cc1ccccc1)C(=O)NC(CC(=O)O)C(=O)NC(CC(N)=O)C(=O)O. The number of carbonyl (C=O) groups is 6. The Kier molecular flexibility index (Phi) is 12.0. The lowest BCUT2D eigenvalue weighted by Gasteiger charge is -2.25. The zero-order valence-corrected chi connectivity index (χ0v) is 20.1. The Morgan fingerprint density at radius 3 is 1.86 bits per heavy atom. The quantitative estimate of drug-likeness (QED) is 0.146. The van der Waals surface area contributed by atoms with Crippen molar-refractivity contribution < 1.29 is 39.0 Å². The Morgan fingerprint density at radius 2 is 1.36 bits per heavy atom. The molecule has 13 heteroatoms. The van der Waals surface area contributed by atoms with Crippen LogP contribution in [0.5, 0.6) is 0 Å². The molecule has 1 rings (SSSR count). The number of rotatable bonds is 15. The molecule has 0 aliphatic rings. The minimum absolute atomic E-state index is 0.00642. The van der Waals surface area contributed by atoms with E-state index in [0.29, 0.717) is 12.0 Å². The molecule has 0 saturated heterocycles. The first-order valence-electron chi connectivity index (χ1n) is 11.3. The molecule has 1 aromatic rings. The Labute approximate surface area is 208 Å². The summed E-state index contributed by atoms with van der Waals surface area (Å²) in [6, 6.07) is 3.07. The van der Waals surface area contributed by atoms with E-state index in [1.54, 1.807) is 37.3 Å². The highest BCUT2D eigenvalue weighted by Gasteiger charge is 2.32. The highest BCUT2D eigenvalue weighted by molar-refractivity contribution is 5.96. The fourth-order valence-electron chi connectivity index (χ4n) is 3.17. The van der Waals surface area contributed by atoms with Gasteiger partial charge in [-0.25, -0.2) is 4.79 Å². The van der Waals surface area contributed by atoms with Gasteiger partial charge in [-0.15, -0.1) is 0 Å². The van der Waals surface area contributed by atoms with Gasteiger partial charge in [0.05, 0.1) is 18.9 Å².